The van der Waals surface area contributed by atoms with E-state index in [0.717, 1.165) is 0 Å². The fraction of sp³-hybridized carbons (Fsp3) is 0.231. The minimum atomic E-state index is -0.362. The van der Waals surface area contributed by atoms with Crippen molar-refractivity contribution in [3.63, 3.8) is 0 Å². The fourth-order valence-electron chi connectivity index (χ4n) is 1.57. The van der Waals surface area contributed by atoms with E-state index in [9.17, 15) is 4.79 Å². The average molecular weight is 330 g/mol. The van der Waals surface area contributed by atoms with Crippen molar-refractivity contribution in [3.05, 3.63) is 46.2 Å². The summed E-state index contributed by atoms with van der Waals surface area (Å²) in [5.74, 6) is 0.00110. The van der Waals surface area contributed by atoms with Crippen LogP contribution in [0.25, 0.3) is 0 Å². The summed E-state index contributed by atoms with van der Waals surface area (Å²) < 4.78 is 6.93. The molecule has 0 atom stereocenters. The number of carbonyl (C=O) groups excluding carboxylic acids is 1. The summed E-state index contributed by atoms with van der Waals surface area (Å²) in [5.41, 5.74) is 0.234. The summed E-state index contributed by atoms with van der Waals surface area (Å²) in [5, 5.41) is 16.0. The minimum absolute atomic E-state index is 0.0662. The summed E-state index contributed by atoms with van der Waals surface area (Å²) in [4.78, 5) is 11.6. The van der Waals surface area contributed by atoms with Crippen molar-refractivity contribution in [2.24, 2.45) is 0 Å². The van der Waals surface area contributed by atoms with Crippen LogP contribution < -0.4 is 10.1 Å². The highest BCUT2D eigenvalue weighted by atomic mass is 35.5. The number of hydrogen-bond donors (Lipinski definition) is 2. The van der Waals surface area contributed by atoms with Crippen LogP contribution in [0.3, 0.4) is 0 Å². The molecule has 8 heteroatoms. The van der Waals surface area contributed by atoms with Crippen molar-refractivity contribution < 1.29 is 14.6 Å². The lowest BCUT2D eigenvalue weighted by atomic mass is 10.3. The Labute approximate surface area is 131 Å². The van der Waals surface area contributed by atoms with Crippen LogP contribution in [0.15, 0.2) is 30.5 Å². The minimum Gasteiger partial charge on any atom is -0.468 e. The first-order valence-electron chi connectivity index (χ1n) is 6.11. The van der Waals surface area contributed by atoms with Crippen molar-refractivity contribution in [1.29, 1.82) is 0 Å². The lowest BCUT2D eigenvalue weighted by Gasteiger charge is -2.09. The molecule has 0 saturated carbocycles. The van der Waals surface area contributed by atoms with E-state index < -0.39 is 0 Å². The van der Waals surface area contributed by atoms with E-state index >= 15 is 0 Å². The molecule has 1 heterocycles. The Morgan fingerprint density at radius 2 is 2.05 bits per heavy atom. The van der Waals surface area contributed by atoms with E-state index in [-0.39, 0.29) is 31.5 Å². The molecule has 0 saturated heterocycles. The van der Waals surface area contributed by atoms with E-state index in [0.29, 0.717) is 15.8 Å². The molecule has 0 aliphatic rings. The smallest absolute Gasteiger partial charge is 0.271 e. The van der Waals surface area contributed by atoms with Crippen molar-refractivity contribution >= 4 is 29.1 Å². The van der Waals surface area contributed by atoms with E-state index in [4.69, 9.17) is 33.0 Å². The number of nitrogens with zero attached hydrogens (tertiary/aromatic N) is 2. The number of halogens is 2. The molecule has 0 aliphatic heterocycles. The monoisotopic (exact) mass is 329 g/mol. The molecule has 0 spiro atoms. The van der Waals surface area contributed by atoms with Crippen LogP contribution in [0.2, 0.25) is 10.0 Å². The van der Waals surface area contributed by atoms with Gasteiger partial charge in [0.1, 0.15) is 5.69 Å². The second-order valence-electron chi connectivity index (χ2n) is 4.04. The molecule has 2 N–H and O–H groups in total. The molecule has 1 aromatic carbocycles. The predicted octanol–water partition coefficient (Wildman–Crippen LogP) is 1.95. The van der Waals surface area contributed by atoms with E-state index in [1.54, 1.807) is 30.5 Å². The SMILES string of the molecule is O=C(NCCO)c1ccn(COc2c(Cl)cccc2Cl)n1. The standard InChI is InChI=1S/C13H13Cl2N3O3/c14-9-2-1-3-10(15)12(9)21-8-18-6-4-11(17-18)13(20)16-5-7-19/h1-4,6,19H,5,7-8H2,(H,16,20). The Morgan fingerprint density at radius 3 is 2.71 bits per heavy atom. The number of hydrogen-bond acceptors (Lipinski definition) is 4. The van der Waals surface area contributed by atoms with Gasteiger partial charge < -0.3 is 15.2 Å². The van der Waals surface area contributed by atoms with Gasteiger partial charge in [-0.25, -0.2) is 4.68 Å². The molecule has 112 valence electrons. The van der Waals surface area contributed by atoms with Crippen molar-refractivity contribution in [3.8, 4) is 5.75 Å². The number of amides is 1. The number of rotatable bonds is 6. The first kappa shape index (κ1) is 15.6. The summed E-state index contributed by atoms with van der Waals surface area (Å²) in [7, 11) is 0. The predicted molar refractivity (Wildman–Crippen MR) is 78.7 cm³/mol. The van der Waals surface area contributed by atoms with Gasteiger partial charge in [0.05, 0.1) is 16.7 Å². The third kappa shape index (κ3) is 4.10. The van der Waals surface area contributed by atoms with Crippen LogP contribution in [-0.4, -0.2) is 33.9 Å². The number of benzene rings is 1. The third-order valence-corrected chi connectivity index (χ3v) is 3.13. The maximum atomic E-state index is 11.6. The van der Waals surface area contributed by atoms with Gasteiger partial charge in [-0.15, -0.1) is 0 Å². The lowest BCUT2D eigenvalue weighted by Crippen LogP contribution is -2.26. The van der Waals surface area contributed by atoms with Gasteiger partial charge in [0.15, 0.2) is 12.5 Å². The second kappa shape index (κ2) is 7.31. The van der Waals surface area contributed by atoms with Crippen molar-refractivity contribution in [1.82, 2.24) is 15.1 Å². The molecule has 0 aliphatic carbocycles. The highest BCUT2D eigenvalue weighted by molar-refractivity contribution is 6.37. The molecule has 0 unspecified atom stereocenters. The number of ether oxygens (including phenoxy) is 1. The van der Waals surface area contributed by atoms with Crippen molar-refractivity contribution in [2.45, 2.75) is 6.73 Å². The van der Waals surface area contributed by atoms with Crippen LogP contribution in [0.4, 0.5) is 0 Å². The molecule has 21 heavy (non-hydrogen) atoms. The quantitative estimate of drug-likeness (QED) is 0.849. The van der Waals surface area contributed by atoms with E-state index in [1.807, 2.05) is 0 Å². The van der Waals surface area contributed by atoms with Crippen LogP contribution in [-0.2, 0) is 6.73 Å². The molecule has 0 fully saturated rings. The molecule has 2 aromatic rings. The molecule has 6 nitrogen and oxygen atoms in total. The Kier molecular flexibility index (Phi) is 5.44. The van der Waals surface area contributed by atoms with Crippen LogP contribution in [0.5, 0.6) is 5.75 Å². The Hall–Kier alpha value is -1.76. The van der Waals surface area contributed by atoms with Crippen LogP contribution in [0.1, 0.15) is 10.5 Å². The van der Waals surface area contributed by atoms with Gasteiger partial charge in [0.25, 0.3) is 5.91 Å². The summed E-state index contributed by atoms with van der Waals surface area (Å²) in [6.07, 6.45) is 1.60. The largest absolute Gasteiger partial charge is 0.468 e. The Balaban J connectivity index is 1.98. The van der Waals surface area contributed by atoms with Crippen LogP contribution in [0, 0.1) is 0 Å². The second-order valence-corrected chi connectivity index (χ2v) is 4.86. The zero-order valence-electron chi connectivity index (χ0n) is 10.9. The molecule has 1 amide bonds. The van der Waals surface area contributed by atoms with Gasteiger partial charge in [0.2, 0.25) is 0 Å². The molecular formula is C13H13Cl2N3O3. The highest BCUT2D eigenvalue weighted by Gasteiger charge is 2.10. The number of aromatic nitrogens is 2. The van der Waals surface area contributed by atoms with Gasteiger partial charge in [0, 0.05) is 12.7 Å². The molecule has 0 bridgehead atoms. The number of carbonyl (C=O) groups is 1. The van der Waals surface area contributed by atoms with Gasteiger partial charge >= 0.3 is 0 Å². The summed E-state index contributed by atoms with van der Waals surface area (Å²) in [6.45, 7) is 0.120. The van der Waals surface area contributed by atoms with E-state index in [2.05, 4.69) is 10.4 Å². The maximum absolute atomic E-state index is 11.6. The van der Waals surface area contributed by atoms with Crippen molar-refractivity contribution in [2.75, 3.05) is 13.2 Å². The third-order valence-electron chi connectivity index (χ3n) is 2.53. The zero-order valence-corrected chi connectivity index (χ0v) is 12.4. The molecular weight excluding hydrogens is 317 g/mol. The number of aliphatic hydroxyl groups is 1. The topological polar surface area (TPSA) is 76.4 Å². The Morgan fingerprint density at radius 1 is 1.33 bits per heavy atom. The molecule has 1 aromatic heterocycles. The zero-order chi connectivity index (χ0) is 15.2. The average Bonchev–Trinajstić information content (AvgIpc) is 2.93. The lowest BCUT2D eigenvalue weighted by molar-refractivity contribution is 0.0937. The van der Waals surface area contributed by atoms with Gasteiger partial charge in [-0.3, -0.25) is 4.79 Å². The van der Waals surface area contributed by atoms with Gasteiger partial charge in [-0.2, -0.15) is 5.10 Å². The first-order valence-corrected chi connectivity index (χ1v) is 6.86. The molecule has 0 radical (unpaired) electrons. The summed E-state index contributed by atoms with van der Waals surface area (Å²) >= 11 is 12.0. The number of nitrogens with one attached hydrogen (secondary N) is 1. The highest BCUT2D eigenvalue weighted by Crippen LogP contribution is 2.32. The summed E-state index contributed by atoms with van der Waals surface area (Å²) in [6, 6.07) is 6.60. The number of aliphatic hydroxyl groups excluding tert-OH is 1. The van der Waals surface area contributed by atoms with Gasteiger partial charge in [-0.1, -0.05) is 29.3 Å². The maximum Gasteiger partial charge on any atom is 0.271 e. The van der Waals surface area contributed by atoms with Crippen LogP contribution >= 0.6 is 23.2 Å². The Bertz CT molecular complexity index is 611. The van der Waals surface area contributed by atoms with Gasteiger partial charge in [-0.05, 0) is 18.2 Å². The van der Waals surface area contributed by atoms with E-state index in [1.165, 1.54) is 4.68 Å². The number of para-hydroxylation sites is 1. The molecule has 2 rings (SSSR count). The fourth-order valence-corrected chi connectivity index (χ4v) is 2.07. The first-order chi connectivity index (χ1) is 10.1. The normalized spacial score (nSPS) is 10.4.